The van der Waals surface area contributed by atoms with Crippen molar-refractivity contribution < 1.29 is 14.3 Å². The lowest BCUT2D eigenvalue weighted by Gasteiger charge is -2.10. The standard InChI is InChI=1S/C19H25ClN2O3.C2H6/c1-13(15(3)21)18(20)14(2)19(23)22-16-7-9-17(10-8-16)25-12-6-5-11-24-4;1-2/h7-10,21H,2,5-6,11-12H2,1,3-4H3,(H,22,23);1-2H3/b18-13-,21-15?;. The van der Waals surface area contributed by atoms with Crippen LogP contribution in [0.3, 0.4) is 0 Å². The molecular weight excluding hydrogens is 364 g/mol. The third-order valence-corrected chi connectivity index (χ3v) is 4.07. The fraction of sp³-hybridized carbons (Fsp3) is 0.429. The minimum absolute atomic E-state index is 0.129. The maximum atomic E-state index is 12.2. The molecule has 0 aliphatic carbocycles. The second kappa shape index (κ2) is 14.0. The second-order valence-electron chi connectivity index (χ2n) is 5.57. The van der Waals surface area contributed by atoms with Crippen LogP contribution in [0.15, 0.2) is 47.0 Å². The zero-order valence-corrected chi connectivity index (χ0v) is 17.7. The number of halogens is 1. The molecule has 5 nitrogen and oxygen atoms in total. The zero-order chi connectivity index (χ0) is 20.8. The largest absolute Gasteiger partial charge is 0.494 e. The van der Waals surface area contributed by atoms with Crippen molar-refractivity contribution in [1.29, 1.82) is 5.41 Å². The predicted molar refractivity (Wildman–Crippen MR) is 114 cm³/mol. The number of carbonyl (C=O) groups excluding carboxylic acids is 1. The van der Waals surface area contributed by atoms with E-state index in [4.69, 9.17) is 26.5 Å². The van der Waals surface area contributed by atoms with Crippen LogP contribution in [0.25, 0.3) is 0 Å². The van der Waals surface area contributed by atoms with Crippen LogP contribution in [-0.4, -0.2) is 31.9 Å². The summed E-state index contributed by atoms with van der Waals surface area (Å²) in [6, 6.07) is 7.09. The fourth-order valence-corrected chi connectivity index (χ4v) is 2.10. The molecule has 0 saturated carbocycles. The van der Waals surface area contributed by atoms with Crippen LogP contribution in [0.2, 0.25) is 0 Å². The first-order valence-electron chi connectivity index (χ1n) is 9.01. The molecule has 0 fully saturated rings. The molecule has 0 saturated heterocycles. The van der Waals surface area contributed by atoms with Crippen molar-refractivity contribution in [2.45, 2.75) is 40.5 Å². The second-order valence-corrected chi connectivity index (χ2v) is 5.95. The Balaban J connectivity index is 0.00000326. The lowest BCUT2D eigenvalue weighted by Crippen LogP contribution is -2.15. The number of methoxy groups -OCH3 is 1. The highest BCUT2D eigenvalue weighted by atomic mass is 35.5. The number of benzene rings is 1. The average molecular weight is 395 g/mol. The summed E-state index contributed by atoms with van der Waals surface area (Å²) in [6.45, 7) is 12.3. The molecule has 0 atom stereocenters. The summed E-state index contributed by atoms with van der Waals surface area (Å²) in [5.74, 6) is 0.335. The molecule has 0 bridgehead atoms. The van der Waals surface area contributed by atoms with Crippen molar-refractivity contribution >= 4 is 28.9 Å². The third-order valence-electron chi connectivity index (χ3n) is 3.55. The molecule has 0 unspecified atom stereocenters. The Morgan fingerprint density at radius 2 is 1.70 bits per heavy atom. The van der Waals surface area contributed by atoms with E-state index < -0.39 is 5.91 Å². The van der Waals surface area contributed by atoms with E-state index in [1.807, 2.05) is 13.8 Å². The first-order chi connectivity index (χ1) is 12.9. The van der Waals surface area contributed by atoms with Crippen LogP contribution in [0.1, 0.15) is 40.5 Å². The van der Waals surface area contributed by atoms with Gasteiger partial charge in [-0.1, -0.05) is 32.0 Å². The number of carbonyl (C=O) groups is 1. The summed E-state index contributed by atoms with van der Waals surface area (Å²) in [5.41, 5.74) is 1.57. The van der Waals surface area contributed by atoms with Crippen molar-refractivity contribution in [3.63, 3.8) is 0 Å². The molecule has 1 aromatic rings. The quantitative estimate of drug-likeness (QED) is 0.236. The number of unbranched alkanes of at least 4 members (excludes halogenated alkanes) is 1. The van der Waals surface area contributed by atoms with Crippen LogP contribution in [0.4, 0.5) is 5.69 Å². The lowest BCUT2D eigenvalue weighted by molar-refractivity contribution is -0.112. The Morgan fingerprint density at radius 1 is 1.15 bits per heavy atom. The summed E-state index contributed by atoms with van der Waals surface area (Å²) in [7, 11) is 1.68. The smallest absolute Gasteiger partial charge is 0.256 e. The summed E-state index contributed by atoms with van der Waals surface area (Å²) >= 11 is 6.11. The highest BCUT2D eigenvalue weighted by Crippen LogP contribution is 2.21. The number of allylic oxidation sites excluding steroid dienone is 1. The van der Waals surface area contributed by atoms with E-state index in [9.17, 15) is 4.79 Å². The minimum atomic E-state index is -0.404. The number of hydrogen-bond donors (Lipinski definition) is 2. The molecule has 1 aromatic carbocycles. The van der Waals surface area contributed by atoms with E-state index in [1.165, 1.54) is 0 Å². The first-order valence-corrected chi connectivity index (χ1v) is 9.39. The van der Waals surface area contributed by atoms with E-state index in [-0.39, 0.29) is 10.6 Å². The van der Waals surface area contributed by atoms with Crippen molar-refractivity contribution in [1.82, 2.24) is 0 Å². The van der Waals surface area contributed by atoms with E-state index >= 15 is 0 Å². The maximum Gasteiger partial charge on any atom is 0.256 e. The average Bonchev–Trinajstić information content (AvgIpc) is 2.68. The van der Waals surface area contributed by atoms with Crippen LogP contribution in [-0.2, 0) is 9.53 Å². The van der Waals surface area contributed by atoms with Gasteiger partial charge in [0.15, 0.2) is 0 Å². The summed E-state index contributed by atoms with van der Waals surface area (Å²) in [6.07, 6.45) is 1.87. The van der Waals surface area contributed by atoms with E-state index in [2.05, 4.69) is 11.9 Å². The molecule has 1 rings (SSSR count). The molecule has 1 amide bonds. The molecule has 0 radical (unpaired) electrons. The highest BCUT2D eigenvalue weighted by molar-refractivity contribution is 6.38. The molecule has 6 heteroatoms. The van der Waals surface area contributed by atoms with Gasteiger partial charge in [-0.25, -0.2) is 0 Å². The van der Waals surface area contributed by atoms with Crippen LogP contribution in [0.5, 0.6) is 5.75 Å². The molecular formula is C21H31ClN2O3. The Bertz CT molecular complexity index is 652. The van der Waals surface area contributed by atoms with Gasteiger partial charge in [0.2, 0.25) is 0 Å². The molecule has 0 aliphatic rings. The van der Waals surface area contributed by atoms with Crippen molar-refractivity contribution in [3.8, 4) is 5.75 Å². The van der Waals surface area contributed by atoms with Gasteiger partial charge in [-0.05, 0) is 56.5 Å². The van der Waals surface area contributed by atoms with Crippen molar-refractivity contribution in [3.05, 3.63) is 47.0 Å². The van der Waals surface area contributed by atoms with Crippen molar-refractivity contribution in [2.75, 3.05) is 25.6 Å². The van der Waals surface area contributed by atoms with Crippen LogP contribution >= 0.6 is 11.6 Å². The van der Waals surface area contributed by atoms with Gasteiger partial charge in [0.05, 0.1) is 17.2 Å². The van der Waals surface area contributed by atoms with Gasteiger partial charge in [-0.15, -0.1) is 0 Å². The molecule has 0 spiro atoms. The predicted octanol–water partition coefficient (Wildman–Crippen LogP) is 5.57. The summed E-state index contributed by atoms with van der Waals surface area (Å²) in [5, 5.41) is 10.5. The molecule has 0 aliphatic heterocycles. The summed E-state index contributed by atoms with van der Waals surface area (Å²) in [4.78, 5) is 12.2. The van der Waals surface area contributed by atoms with E-state index in [1.54, 1.807) is 45.2 Å². The third kappa shape index (κ3) is 9.40. The SMILES string of the molecule is C=C(C(=O)Nc1ccc(OCCCCOC)cc1)/C(Cl)=C(\C)C(C)=N.CC. The molecule has 0 heterocycles. The normalized spacial score (nSPS) is 10.9. The van der Waals surface area contributed by atoms with Gasteiger partial charge in [0.1, 0.15) is 5.75 Å². The monoisotopic (exact) mass is 394 g/mol. The minimum Gasteiger partial charge on any atom is -0.494 e. The topological polar surface area (TPSA) is 71.4 Å². The maximum absolute atomic E-state index is 12.2. The van der Waals surface area contributed by atoms with Gasteiger partial charge in [-0.2, -0.15) is 0 Å². The number of rotatable bonds is 10. The molecule has 0 aromatic heterocycles. The number of anilines is 1. The first kappa shape index (κ1) is 24.9. The number of ether oxygens (including phenoxy) is 2. The van der Waals surface area contributed by atoms with E-state index in [0.29, 0.717) is 23.6 Å². The molecule has 2 N–H and O–H groups in total. The molecule has 27 heavy (non-hydrogen) atoms. The summed E-state index contributed by atoms with van der Waals surface area (Å²) < 4.78 is 10.6. The Hall–Kier alpha value is -2.11. The van der Waals surface area contributed by atoms with Gasteiger partial charge < -0.3 is 20.2 Å². The fourth-order valence-electron chi connectivity index (χ4n) is 1.87. The van der Waals surface area contributed by atoms with Gasteiger partial charge in [-0.3, -0.25) is 4.79 Å². The van der Waals surface area contributed by atoms with Crippen LogP contribution < -0.4 is 10.1 Å². The Kier molecular flexibility index (Phi) is 12.9. The number of nitrogens with one attached hydrogen (secondary N) is 2. The lowest BCUT2D eigenvalue weighted by atomic mass is 10.1. The van der Waals surface area contributed by atoms with Gasteiger partial charge >= 0.3 is 0 Å². The zero-order valence-electron chi connectivity index (χ0n) is 16.9. The number of amides is 1. The highest BCUT2D eigenvalue weighted by Gasteiger charge is 2.14. The van der Waals surface area contributed by atoms with Crippen LogP contribution in [0, 0.1) is 5.41 Å². The van der Waals surface area contributed by atoms with Gasteiger partial charge in [0, 0.05) is 25.1 Å². The number of hydrogen-bond acceptors (Lipinski definition) is 4. The van der Waals surface area contributed by atoms with E-state index in [0.717, 1.165) is 25.2 Å². The van der Waals surface area contributed by atoms with Crippen molar-refractivity contribution in [2.24, 2.45) is 0 Å². The van der Waals surface area contributed by atoms with Gasteiger partial charge in [0.25, 0.3) is 5.91 Å². The molecule has 150 valence electrons. The Labute approximate surface area is 167 Å². The Morgan fingerprint density at radius 3 is 2.22 bits per heavy atom.